The summed E-state index contributed by atoms with van der Waals surface area (Å²) < 4.78 is 0. The molecule has 21 heavy (non-hydrogen) atoms. The second-order valence-electron chi connectivity index (χ2n) is 6.37. The van der Waals surface area contributed by atoms with Crippen LogP contribution in [0.4, 0.5) is 0 Å². The number of amides is 1. The lowest BCUT2D eigenvalue weighted by Crippen LogP contribution is -2.43. The number of hydrogen-bond donors (Lipinski definition) is 0. The molecule has 0 saturated heterocycles. The number of rotatable bonds is 5. The summed E-state index contributed by atoms with van der Waals surface area (Å²) in [6.07, 6.45) is 7.33. The maximum absolute atomic E-state index is 12.9. The molecule has 0 aromatic heterocycles. The van der Waals surface area contributed by atoms with Crippen molar-refractivity contribution in [3.05, 3.63) is 35.9 Å². The zero-order chi connectivity index (χ0) is 14.7. The van der Waals surface area contributed by atoms with Gasteiger partial charge in [0.2, 0.25) is 5.91 Å². The van der Waals surface area contributed by atoms with Gasteiger partial charge >= 0.3 is 0 Å². The first kappa shape index (κ1) is 15.1. The predicted molar refractivity (Wildman–Crippen MR) is 89.7 cm³/mol. The van der Waals surface area contributed by atoms with Crippen LogP contribution in [0.25, 0.3) is 0 Å². The summed E-state index contributed by atoms with van der Waals surface area (Å²) in [4.78, 5) is 15.1. The molecule has 0 spiro atoms. The van der Waals surface area contributed by atoms with E-state index in [-0.39, 0.29) is 5.92 Å². The fraction of sp³-hybridized carbons (Fsp3) is 0.611. The first-order chi connectivity index (χ1) is 10.3. The molecule has 0 bridgehead atoms. The Morgan fingerprint density at radius 2 is 1.86 bits per heavy atom. The number of hydrogen-bond acceptors (Lipinski definition) is 1. The van der Waals surface area contributed by atoms with Crippen molar-refractivity contribution >= 4 is 21.8 Å². The highest BCUT2D eigenvalue weighted by molar-refractivity contribution is 9.09. The van der Waals surface area contributed by atoms with Crippen LogP contribution < -0.4 is 0 Å². The van der Waals surface area contributed by atoms with Crippen molar-refractivity contribution in [1.82, 2.24) is 4.90 Å². The van der Waals surface area contributed by atoms with Gasteiger partial charge in [-0.25, -0.2) is 0 Å². The third-order valence-electron chi connectivity index (χ3n) is 4.96. The standard InChI is InChI=1S/C18H24BrNO/c19-11-12-20(15-9-5-2-6-10-15)18(21)17-13-16(17)14-7-3-1-4-8-14/h1,3-4,7-8,15-17H,2,5-6,9-13H2. The third-order valence-corrected chi connectivity index (χ3v) is 5.31. The second kappa shape index (κ2) is 6.95. The van der Waals surface area contributed by atoms with E-state index in [0.29, 0.717) is 17.9 Å². The van der Waals surface area contributed by atoms with E-state index in [0.717, 1.165) is 18.3 Å². The van der Waals surface area contributed by atoms with Gasteiger partial charge in [-0.05, 0) is 30.7 Å². The van der Waals surface area contributed by atoms with Gasteiger partial charge in [0.1, 0.15) is 0 Å². The molecular formula is C18H24BrNO. The average molecular weight is 350 g/mol. The van der Waals surface area contributed by atoms with Crippen LogP contribution >= 0.6 is 15.9 Å². The zero-order valence-corrected chi connectivity index (χ0v) is 14.1. The van der Waals surface area contributed by atoms with Crippen molar-refractivity contribution in [2.75, 3.05) is 11.9 Å². The minimum atomic E-state index is 0.230. The molecule has 3 rings (SSSR count). The van der Waals surface area contributed by atoms with E-state index in [1.165, 1.54) is 37.7 Å². The molecule has 2 saturated carbocycles. The van der Waals surface area contributed by atoms with E-state index in [1.54, 1.807) is 0 Å². The molecule has 2 atom stereocenters. The molecule has 2 aliphatic carbocycles. The highest BCUT2D eigenvalue weighted by Crippen LogP contribution is 2.48. The van der Waals surface area contributed by atoms with Crippen molar-refractivity contribution in [2.45, 2.75) is 50.5 Å². The summed E-state index contributed by atoms with van der Waals surface area (Å²) in [5.41, 5.74) is 1.33. The molecule has 2 unspecified atom stereocenters. The van der Waals surface area contributed by atoms with Crippen LogP contribution in [-0.4, -0.2) is 28.7 Å². The van der Waals surface area contributed by atoms with Gasteiger partial charge in [0.25, 0.3) is 0 Å². The topological polar surface area (TPSA) is 20.3 Å². The van der Waals surface area contributed by atoms with Crippen molar-refractivity contribution in [2.24, 2.45) is 5.92 Å². The molecule has 114 valence electrons. The molecule has 1 amide bonds. The SMILES string of the molecule is O=C(C1CC1c1ccccc1)N(CCBr)C1CCCCC1. The highest BCUT2D eigenvalue weighted by Gasteiger charge is 2.46. The van der Waals surface area contributed by atoms with E-state index < -0.39 is 0 Å². The normalized spacial score (nSPS) is 25.6. The van der Waals surface area contributed by atoms with Gasteiger partial charge in [0.05, 0.1) is 0 Å². The van der Waals surface area contributed by atoms with Crippen LogP contribution in [0.3, 0.4) is 0 Å². The lowest BCUT2D eigenvalue weighted by Gasteiger charge is -2.34. The minimum Gasteiger partial charge on any atom is -0.339 e. The van der Waals surface area contributed by atoms with Gasteiger partial charge in [-0.2, -0.15) is 0 Å². The maximum atomic E-state index is 12.9. The molecule has 2 nitrogen and oxygen atoms in total. The first-order valence-corrected chi connectivity index (χ1v) is 9.35. The fourth-order valence-electron chi connectivity index (χ4n) is 3.71. The molecule has 3 heteroatoms. The number of nitrogens with zero attached hydrogens (tertiary/aromatic N) is 1. The van der Waals surface area contributed by atoms with E-state index in [9.17, 15) is 4.79 Å². The fourth-order valence-corrected chi connectivity index (χ4v) is 4.09. The second-order valence-corrected chi connectivity index (χ2v) is 7.16. The number of benzene rings is 1. The average Bonchev–Trinajstić information content (AvgIpc) is 3.34. The molecule has 1 aromatic rings. The van der Waals surface area contributed by atoms with Gasteiger partial charge in [-0.1, -0.05) is 65.5 Å². The zero-order valence-electron chi connectivity index (χ0n) is 12.5. The van der Waals surface area contributed by atoms with Crippen LogP contribution in [0, 0.1) is 5.92 Å². The Kier molecular flexibility index (Phi) is 4.99. The van der Waals surface area contributed by atoms with Gasteiger partial charge in [-0.3, -0.25) is 4.79 Å². The smallest absolute Gasteiger partial charge is 0.226 e. The van der Waals surface area contributed by atoms with Crippen LogP contribution in [0.15, 0.2) is 30.3 Å². The van der Waals surface area contributed by atoms with Crippen LogP contribution in [0.5, 0.6) is 0 Å². The number of alkyl halides is 1. The molecule has 0 radical (unpaired) electrons. The minimum absolute atomic E-state index is 0.230. The summed E-state index contributed by atoms with van der Waals surface area (Å²) >= 11 is 3.52. The van der Waals surface area contributed by atoms with Crippen molar-refractivity contribution in [1.29, 1.82) is 0 Å². The lowest BCUT2D eigenvalue weighted by atomic mass is 9.93. The maximum Gasteiger partial charge on any atom is 0.226 e. The summed E-state index contributed by atoms with van der Waals surface area (Å²) in [6, 6.07) is 11.0. The Morgan fingerprint density at radius 1 is 1.14 bits per heavy atom. The Balaban J connectivity index is 1.65. The number of halogens is 1. The Bertz CT molecular complexity index is 469. The van der Waals surface area contributed by atoms with E-state index in [1.807, 2.05) is 6.07 Å². The lowest BCUT2D eigenvalue weighted by molar-refractivity contribution is -0.135. The van der Waals surface area contributed by atoms with Gasteiger partial charge in [-0.15, -0.1) is 0 Å². The first-order valence-electron chi connectivity index (χ1n) is 8.22. The quantitative estimate of drug-likeness (QED) is 0.723. The highest BCUT2D eigenvalue weighted by atomic mass is 79.9. The molecule has 1 aromatic carbocycles. The largest absolute Gasteiger partial charge is 0.339 e. The van der Waals surface area contributed by atoms with Crippen LogP contribution in [0.2, 0.25) is 0 Å². The van der Waals surface area contributed by atoms with Gasteiger partial charge < -0.3 is 4.90 Å². The third kappa shape index (κ3) is 3.50. The van der Waals surface area contributed by atoms with Crippen molar-refractivity contribution in [3.8, 4) is 0 Å². The molecule has 0 N–H and O–H groups in total. The van der Waals surface area contributed by atoms with Crippen LogP contribution in [-0.2, 0) is 4.79 Å². The summed E-state index contributed by atoms with van der Waals surface area (Å²) in [5.74, 6) is 1.09. The van der Waals surface area contributed by atoms with E-state index >= 15 is 0 Å². The molecule has 0 aliphatic heterocycles. The number of carbonyl (C=O) groups excluding carboxylic acids is 1. The molecule has 2 fully saturated rings. The van der Waals surface area contributed by atoms with Gasteiger partial charge in [0.15, 0.2) is 0 Å². The van der Waals surface area contributed by atoms with E-state index in [2.05, 4.69) is 45.1 Å². The Labute approximate surface area is 136 Å². The van der Waals surface area contributed by atoms with Crippen molar-refractivity contribution in [3.63, 3.8) is 0 Å². The molecular weight excluding hydrogens is 326 g/mol. The van der Waals surface area contributed by atoms with E-state index in [4.69, 9.17) is 0 Å². The number of carbonyl (C=O) groups is 1. The summed E-state index contributed by atoms with van der Waals surface area (Å²) in [6.45, 7) is 0.863. The summed E-state index contributed by atoms with van der Waals surface area (Å²) in [5, 5.41) is 0.887. The molecule has 0 heterocycles. The van der Waals surface area contributed by atoms with Crippen LogP contribution in [0.1, 0.15) is 50.0 Å². The van der Waals surface area contributed by atoms with Gasteiger partial charge in [0, 0.05) is 23.8 Å². The Hall–Kier alpha value is -0.830. The Morgan fingerprint density at radius 3 is 2.52 bits per heavy atom. The molecule has 2 aliphatic rings. The monoisotopic (exact) mass is 349 g/mol. The summed E-state index contributed by atoms with van der Waals surface area (Å²) in [7, 11) is 0. The van der Waals surface area contributed by atoms with Crippen molar-refractivity contribution < 1.29 is 4.79 Å². The predicted octanol–water partition coefficient (Wildman–Crippen LogP) is 4.35.